The lowest BCUT2D eigenvalue weighted by Gasteiger charge is -2.07. The Morgan fingerprint density at radius 2 is 2.21 bits per heavy atom. The molecular formula is C14H16N2O3. The minimum absolute atomic E-state index is 0.210. The van der Waals surface area contributed by atoms with E-state index in [1.165, 1.54) is 6.20 Å². The van der Waals surface area contributed by atoms with Crippen LogP contribution in [0.15, 0.2) is 36.7 Å². The van der Waals surface area contributed by atoms with Crippen molar-refractivity contribution in [3.05, 3.63) is 47.8 Å². The summed E-state index contributed by atoms with van der Waals surface area (Å²) in [6.07, 6.45) is 3.09. The quantitative estimate of drug-likeness (QED) is 0.609. The van der Waals surface area contributed by atoms with Gasteiger partial charge in [-0.05, 0) is 24.6 Å². The molecule has 1 aromatic heterocycles. The molecule has 5 nitrogen and oxygen atoms in total. The Morgan fingerprint density at radius 3 is 2.89 bits per heavy atom. The van der Waals surface area contributed by atoms with E-state index < -0.39 is 0 Å². The molecule has 2 aromatic rings. The molecule has 0 unspecified atom stereocenters. The van der Waals surface area contributed by atoms with Gasteiger partial charge in [-0.3, -0.25) is 4.68 Å². The molecule has 0 fully saturated rings. The first-order valence-electron chi connectivity index (χ1n) is 6.00. The first-order valence-corrected chi connectivity index (χ1v) is 6.00. The van der Waals surface area contributed by atoms with Crippen LogP contribution < -0.4 is 4.74 Å². The highest BCUT2D eigenvalue weighted by atomic mass is 16.6. The van der Waals surface area contributed by atoms with Gasteiger partial charge >= 0.3 is 5.97 Å². The summed E-state index contributed by atoms with van der Waals surface area (Å²) in [4.78, 5) is 11.6. The van der Waals surface area contributed by atoms with Crippen LogP contribution in [0, 0.1) is 6.92 Å². The SMILES string of the molecule is Cc1cccc(OCCOC(=O)c2cnn(C)c2)c1. The molecule has 0 aliphatic rings. The Labute approximate surface area is 111 Å². The Kier molecular flexibility index (Phi) is 4.18. The van der Waals surface area contributed by atoms with Gasteiger partial charge in [0.15, 0.2) is 0 Å². The second-order valence-corrected chi connectivity index (χ2v) is 4.20. The molecule has 1 heterocycles. The van der Waals surface area contributed by atoms with Crippen molar-refractivity contribution < 1.29 is 14.3 Å². The summed E-state index contributed by atoms with van der Waals surface area (Å²) in [5, 5.41) is 3.91. The second kappa shape index (κ2) is 6.04. The lowest BCUT2D eigenvalue weighted by atomic mass is 10.2. The van der Waals surface area contributed by atoms with Crippen molar-refractivity contribution in [2.45, 2.75) is 6.92 Å². The minimum Gasteiger partial charge on any atom is -0.490 e. The number of carbonyl (C=O) groups is 1. The van der Waals surface area contributed by atoms with Gasteiger partial charge in [0.2, 0.25) is 0 Å². The van der Waals surface area contributed by atoms with Crippen LogP contribution in [0.1, 0.15) is 15.9 Å². The summed E-state index contributed by atoms with van der Waals surface area (Å²) >= 11 is 0. The maximum absolute atomic E-state index is 11.6. The van der Waals surface area contributed by atoms with E-state index in [9.17, 15) is 4.79 Å². The fourth-order valence-corrected chi connectivity index (χ4v) is 1.61. The first kappa shape index (κ1) is 13.1. The van der Waals surface area contributed by atoms with Crippen LogP contribution in [-0.4, -0.2) is 29.0 Å². The van der Waals surface area contributed by atoms with Crippen molar-refractivity contribution in [1.29, 1.82) is 0 Å². The molecule has 2 rings (SSSR count). The summed E-state index contributed by atoms with van der Waals surface area (Å²) in [5.41, 5.74) is 1.57. The van der Waals surface area contributed by atoms with Crippen molar-refractivity contribution in [3.8, 4) is 5.75 Å². The van der Waals surface area contributed by atoms with E-state index in [2.05, 4.69) is 5.10 Å². The highest BCUT2D eigenvalue weighted by molar-refractivity contribution is 5.88. The lowest BCUT2D eigenvalue weighted by molar-refractivity contribution is 0.0450. The van der Waals surface area contributed by atoms with Crippen molar-refractivity contribution in [2.75, 3.05) is 13.2 Å². The van der Waals surface area contributed by atoms with Gasteiger partial charge in [-0.25, -0.2) is 4.79 Å². The normalized spacial score (nSPS) is 10.2. The van der Waals surface area contributed by atoms with Crippen molar-refractivity contribution in [3.63, 3.8) is 0 Å². The predicted octanol–water partition coefficient (Wildman–Crippen LogP) is 1.96. The minimum atomic E-state index is -0.388. The molecule has 0 radical (unpaired) electrons. The fourth-order valence-electron chi connectivity index (χ4n) is 1.61. The number of nitrogens with zero attached hydrogens (tertiary/aromatic N) is 2. The number of benzene rings is 1. The molecule has 0 atom stereocenters. The van der Waals surface area contributed by atoms with Gasteiger partial charge in [0.1, 0.15) is 19.0 Å². The third-order valence-electron chi connectivity index (χ3n) is 2.52. The Bertz CT molecular complexity index is 563. The zero-order chi connectivity index (χ0) is 13.7. The average Bonchev–Trinajstić information content (AvgIpc) is 2.81. The Morgan fingerprint density at radius 1 is 1.37 bits per heavy atom. The van der Waals surface area contributed by atoms with Crippen LogP contribution in [0.25, 0.3) is 0 Å². The smallest absolute Gasteiger partial charge is 0.341 e. The molecule has 0 aliphatic carbocycles. The van der Waals surface area contributed by atoms with Gasteiger partial charge in [0.25, 0.3) is 0 Å². The molecule has 100 valence electrons. The van der Waals surface area contributed by atoms with Crippen molar-refractivity contribution >= 4 is 5.97 Å². The lowest BCUT2D eigenvalue weighted by Crippen LogP contribution is -2.12. The van der Waals surface area contributed by atoms with Gasteiger partial charge in [0.05, 0.1) is 11.8 Å². The molecule has 5 heteroatoms. The molecule has 0 saturated heterocycles. The van der Waals surface area contributed by atoms with E-state index >= 15 is 0 Å². The van der Waals surface area contributed by atoms with E-state index in [1.54, 1.807) is 17.9 Å². The van der Waals surface area contributed by atoms with E-state index in [-0.39, 0.29) is 12.6 Å². The topological polar surface area (TPSA) is 53.4 Å². The maximum Gasteiger partial charge on any atom is 0.341 e. The fraction of sp³-hybridized carbons (Fsp3) is 0.286. The number of ether oxygens (including phenoxy) is 2. The van der Waals surface area contributed by atoms with Crippen molar-refractivity contribution in [2.24, 2.45) is 7.05 Å². The molecular weight excluding hydrogens is 244 g/mol. The highest BCUT2D eigenvalue weighted by Crippen LogP contribution is 2.12. The standard InChI is InChI=1S/C14H16N2O3/c1-11-4-3-5-13(8-11)18-6-7-19-14(17)12-9-15-16(2)10-12/h3-5,8-10H,6-7H2,1-2H3. The number of aryl methyl sites for hydroxylation is 2. The maximum atomic E-state index is 11.6. The second-order valence-electron chi connectivity index (χ2n) is 4.20. The number of carbonyl (C=O) groups excluding carboxylic acids is 1. The number of hydrogen-bond acceptors (Lipinski definition) is 4. The summed E-state index contributed by atoms with van der Waals surface area (Å²) in [7, 11) is 1.75. The van der Waals surface area contributed by atoms with Crippen LogP contribution >= 0.6 is 0 Å². The number of esters is 1. The summed E-state index contributed by atoms with van der Waals surface area (Å²) < 4.78 is 12.1. The third kappa shape index (κ3) is 3.84. The van der Waals surface area contributed by atoms with Crippen LogP contribution in [0.2, 0.25) is 0 Å². The first-order chi connectivity index (χ1) is 9.15. The van der Waals surface area contributed by atoms with E-state index in [0.717, 1.165) is 11.3 Å². The number of rotatable bonds is 5. The predicted molar refractivity (Wildman–Crippen MR) is 70.2 cm³/mol. The van der Waals surface area contributed by atoms with Gasteiger partial charge in [0, 0.05) is 13.2 Å². The zero-order valence-corrected chi connectivity index (χ0v) is 11.0. The largest absolute Gasteiger partial charge is 0.490 e. The molecule has 0 saturated carbocycles. The van der Waals surface area contributed by atoms with Crippen LogP contribution in [0.4, 0.5) is 0 Å². The molecule has 0 spiro atoms. The molecule has 1 aromatic carbocycles. The van der Waals surface area contributed by atoms with Crippen LogP contribution in [-0.2, 0) is 11.8 Å². The summed E-state index contributed by atoms with van der Waals surface area (Å²) in [5.74, 6) is 0.387. The van der Waals surface area contributed by atoms with Gasteiger partial charge < -0.3 is 9.47 Å². The molecule has 19 heavy (non-hydrogen) atoms. The highest BCUT2D eigenvalue weighted by Gasteiger charge is 2.08. The zero-order valence-electron chi connectivity index (χ0n) is 11.0. The average molecular weight is 260 g/mol. The summed E-state index contributed by atoms with van der Waals surface area (Å²) in [6, 6.07) is 7.72. The molecule has 0 bridgehead atoms. The summed E-state index contributed by atoms with van der Waals surface area (Å²) in [6.45, 7) is 2.53. The van der Waals surface area contributed by atoms with Gasteiger partial charge in [-0.2, -0.15) is 5.10 Å². The van der Waals surface area contributed by atoms with E-state index in [1.807, 2.05) is 31.2 Å². The van der Waals surface area contributed by atoms with Gasteiger partial charge in [-0.15, -0.1) is 0 Å². The number of hydrogen-bond donors (Lipinski definition) is 0. The third-order valence-corrected chi connectivity index (χ3v) is 2.52. The number of aromatic nitrogens is 2. The molecule has 0 amide bonds. The monoisotopic (exact) mass is 260 g/mol. The Hall–Kier alpha value is -2.30. The molecule has 0 aliphatic heterocycles. The Balaban J connectivity index is 1.74. The van der Waals surface area contributed by atoms with Crippen LogP contribution in [0.5, 0.6) is 5.75 Å². The van der Waals surface area contributed by atoms with Crippen LogP contribution in [0.3, 0.4) is 0 Å². The van der Waals surface area contributed by atoms with Gasteiger partial charge in [-0.1, -0.05) is 12.1 Å². The van der Waals surface area contributed by atoms with Crippen molar-refractivity contribution in [1.82, 2.24) is 9.78 Å². The van der Waals surface area contributed by atoms with E-state index in [4.69, 9.17) is 9.47 Å². The van der Waals surface area contributed by atoms with E-state index in [0.29, 0.717) is 12.2 Å². The molecule has 0 N–H and O–H groups in total.